The number of nitro groups is 1. The van der Waals surface area contributed by atoms with Crippen LogP contribution in [-0.4, -0.2) is 16.6 Å². The van der Waals surface area contributed by atoms with Gasteiger partial charge in [0, 0.05) is 19.1 Å². The maximum absolute atomic E-state index is 13.3. The van der Waals surface area contributed by atoms with Gasteiger partial charge < -0.3 is 10.8 Å². The highest BCUT2D eigenvalue weighted by Crippen LogP contribution is 2.25. The average Bonchev–Trinajstić information content (AvgIpc) is 2.13. The first-order chi connectivity index (χ1) is 6.57. The Kier molecular flexibility index (Phi) is 2.98. The van der Waals surface area contributed by atoms with Crippen molar-refractivity contribution in [3.63, 3.8) is 0 Å². The van der Waals surface area contributed by atoms with Crippen LogP contribution in [0.15, 0.2) is 12.1 Å². The summed E-state index contributed by atoms with van der Waals surface area (Å²) in [7, 11) is 0. The standard InChI is InChI=1S/C8H9FN2O3/c9-8-5(3-4-12)7(11(13)14)2-1-6(8)10/h1-2,12H,3-4,10H2. The molecule has 0 aliphatic rings. The number of benzene rings is 1. The zero-order chi connectivity index (χ0) is 10.7. The fourth-order valence-corrected chi connectivity index (χ4v) is 1.15. The molecule has 0 unspecified atom stereocenters. The summed E-state index contributed by atoms with van der Waals surface area (Å²) in [6.45, 7) is -0.360. The molecule has 5 nitrogen and oxygen atoms in total. The number of halogens is 1. The smallest absolute Gasteiger partial charge is 0.275 e. The lowest BCUT2D eigenvalue weighted by atomic mass is 10.1. The van der Waals surface area contributed by atoms with Crippen molar-refractivity contribution in [3.05, 3.63) is 33.6 Å². The van der Waals surface area contributed by atoms with Crippen molar-refractivity contribution < 1.29 is 14.4 Å². The number of nitrogens with zero attached hydrogens (tertiary/aromatic N) is 1. The van der Waals surface area contributed by atoms with Crippen LogP contribution in [0.5, 0.6) is 0 Å². The molecule has 0 aliphatic carbocycles. The van der Waals surface area contributed by atoms with Gasteiger partial charge in [0.15, 0.2) is 5.82 Å². The van der Waals surface area contributed by atoms with Crippen LogP contribution in [0.3, 0.4) is 0 Å². The third-order valence-electron chi connectivity index (χ3n) is 1.81. The Morgan fingerprint density at radius 3 is 2.71 bits per heavy atom. The van der Waals surface area contributed by atoms with E-state index >= 15 is 0 Å². The van der Waals surface area contributed by atoms with E-state index in [1.54, 1.807) is 0 Å². The van der Waals surface area contributed by atoms with Gasteiger partial charge in [-0.25, -0.2) is 4.39 Å². The molecule has 0 amide bonds. The fourth-order valence-electron chi connectivity index (χ4n) is 1.15. The third kappa shape index (κ3) is 1.80. The van der Waals surface area contributed by atoms with Crippen LogP contribution in [0, 0.1) is 15.9 Å². The zero-order valence-corrected chi connectivity index (χ0v) is 7.24. The Labute approximate surface area is 79.1 Å². The summed E-state index contributed by atoms with van der Waals surface area (Å²) in [4.78, 5) is 9.78. The first kappa shape index (κ1) is 10.4. The Morgan fingerprint density at radius 2 is 2.21 bits per heavy atom. The summed E-state index contributed by atoms with van der Waals surface area (Å²) >= 11 is 0. The van der Waals surface area contributed by atoms with Crippen molar-refractivity contribution >= 4 is 11.4 Å². The predicted molar refractivity (Wildman–Crippen MR) is 48.3 cm³/mol. The Bertz CT molecular complexity index is 368. The van der Waals surface area contributed by atoms with Gasteiger partial charge in [0.1, 0.15) is 0 Å². The quantitative estimate of drug-likeness (QED) is 0.430. The minimum atomic E-state index is -0.826. The van der Waals surface area contributed by atoms with E-state index in [0.29, 0.717) is 0 Å². The SMILES string of the molecule is Nc1ccc([N+](=O)[O-])c(CCO)c1F. The van der Waals surface area contributed by atoms with E-state index in [-0.39, 0.29) is 30.0 Å². The molecule has 6 heteroatoms. The van der Waals surface area contributed by atoms with Gasteiger partial charge in [0.2, 0.25) is 0 Å². The molecular formula is C8H9FN2O3. The molecule has 1 aromatic carbocycles. The highest BCUT2D eigenvalue weighted by atomic mass is 19.1. The molecule has 1 rings (SSSR count). The summed E-state index contributed by atoms with van der Waals surface area (Å²) in [5.74, 6) is -0.826. The van der Waals surface area contributed by atoms with Crippen molar-refractivity contribution in [1.29, 1.82) is 0 Å². The first-order valence-corrected chi connectivity index (χ1v) is 3.90. The number of anilines is 1. The van der Waals surface area contributed by atoms with Crippen LogP contribution < -0.4 is 5.73 Å². The minimum Gasteiger partial charge on any atom is -0.396 e. The predicted octanol–water partition coefficient (Wildman–Crippen LogP) is 0.851. The van der Waals surface area contributed by atoms with E-state index in [4.69, 9.17) is 10.8 Å². The molecule has 3 N–H and O–H groups in total. The van der Waals surface area contributed by atoms with Crippen LogP contribution in [0.4, 0.5) is 15.8 Å². The maximum Gasteiger partial charge on any atom is 0.275 e. The lowest BCUT2D eigenvalue weighted by Crippen LogP contribution is -2.04. The fraction of sp³-hybridized carbons (Fsp3) is 0.250. The molecule has 0 saturated carbocycles. The van der Waals surface area contributed by atoms with Crippen LogP contribution in [0.2, 0.25) is 0 Å². The molecule has 1 aromatic rings. The molecule has 0 heterocycles. The number of rotatable bonds is 3. The van der Waals surface area contributed by atoms with Crippen LogP contribution >= 0.6 is 0 Å². The second-order valence-corrected chi connectivity index (χ2v) is 2.70. The molecular weight excluding hydrogens is 191 g/mol. The number of nitrogen functional groups attached to an aromatic ring is 1. The molecule has 0 radical (unpaired) electrons. The van der Waals surface area contributed by atoms with Crippen molar-refractivity contribution in [1.82, 2.24) is 0 Å². The largest absolute Gasteiger partial charge is 0.396 e. The topological polar surface area (TPSA) is 89.4 Å². The van der Waals surface area contributed by atoms with Gasteiger partial charge in [-0.3, -0.25) is 10.1 Å². The van der Waals surface area contributed by atoms with E-state index in [1.807, 2.05) is 0 Å². The molecule has 0 aromatic heterocycles. The molecule has 0 saturated heterocycles. The summed E-state index contributed by atoms with van der Waals surface area (Å²) in [6.07, 6.45) is -0.118. The van der Waals surface area contributed by atoms with E-state index in [2.05, 4.69) is 0 Å². The maximum atomic E-state index is 13.3. The van der Waals surface area contributed by atoms with Crippen LogP contribution in [-0.2, 0) is 6.42 Å². The van der Waals surface area contributed by atoms with Gasteiger partial charge in [0.05, 0.1) is 16.2 Å². The minimum absolute atomic E-state index is 0.118. The van der Waals surface area contributed by atoms with Crippen LogP contribution in [0.1, 0.15) is 5.56 Å². The monoisotopic (exact) mass is 200 g/mol. The second-order valence-electron chi connectivity index (χ2n) is 2.70. The Morgan fingerprint density at radius 1 is 1.57 bits per heavy atom. The molecule has 0 aliphatic heterocycles. The van der Waals surface area contributed by atoms with Crippen molar-refractivity contribution in [2.45, 2.75) is 6.42 Å². The molecule has 14 heavy (non-hydrogen) atoms. The Hall–Kier alpha value is -1.69. The zero-order valence-electron chi connectivity index (χ0n) is 7.24. The number of aliphatic hydroxyl groups is 1. The van der Waals surface area contributed by atoms with Crippen LogP contribution in [0.25, 0.3) is 0 Å². The highest BCUT2D eigenvalue weighted by Gasteiger charge is 2.19. The lowest BCUT2D eigenvalue weighted by molar-refractivity contribution is -0.385. The van der Waals surface area contributed by atoms with Gasteiger partial charge in [-0.15, -0.1) is 0 Å². The summed E-state index contributed by atoms with van der Waals surface area (Å²) < 4.78 is 13.3. The number of nitrogens with two attached hydrogens (primary N) is 1. The number of nitro benzene ring substituents is 1. The van der Waals surface area contributed by atoms with Gasteiger partial charge in [-0.05, 0) is 6.07 Å². The number of hydrogen-bond acceptors (Lipinski definition) is 4. The molecule has 0 bridgehead atoms. The number of aliphatic hydroxyl groups excluding tert-OH is 1. The van der Waals surface area contributed by atoms with E-state index < -0.39 is 10.7 Å². The Balaban J connectivity index is 3.29. The van der Waals surface area contributed by atoms with Gasteiger partial charge >= 0.3 is 0 Å². The van der Waals surface area contributed by atoms with E-state index in [9.17, 15) is 14.5 Å². The summed E-state index contributed by atoms with van der Waals surface area (Å²) in [6, 6.07) is 2.26. The first-order valence-electron chi connectivity index (χ1n) is 3.90. The van der Waals surface area contributed by atoms with E-state index in [1.165, 1.54) is 0 Å². The lowest BCUT2D eigenvalue weighted by Gasteiger charge is -2.04. The highest BCUT2D eigenvalue weighted by molar-refractivity contribution is 5.53. The summed E-state index contributed by atoms with van der Waals surface area (Å²) in [5, 5.41) is 19.1. The van der Waals surface area contributed by atoms with E-state index in [0.717, 1.165) is 12.1 Å². The molecule has 0 fully saturated rings. The van der Waals surface area contributed by atoms with Crippen molar-refractivity contribution in [2.75, 3.05) is 12.3 Å². The average molecular weight is 200 g/mol. The van der Waals surface area contributed by atoms with Gasteiger partial charge in [0.25, 0.3) is 5.69 Å². The third-order valence-corrected chi connectivity index (χ3v) is 1.81. The normalized spacial score (nSPS) is 10.1. The van der Waals surface area contributed by atoms with Gasteiger partial charge in [-0.2, -0.15) is 0 Å². The second kappa shape index (κ2) is 4.01. The molecule has 0 atom stereocenters. The van der Waals surface area contributed by atoms with Crippen molar-refractivity contribution in [2.24, 2.45) is 0 Å². The number of hydrogen-bond donors (Lipinski definition) is 2. The van der Waals surface area contributed by atoms with Crippen molar-refractivity contribution in [3.8, 4) is 0 Å². The molecule has 0 spiro atoms. The summed E-state index contributed by atoms with van der Waals surface area (Å²) in [5.41, 5.74) is 4.58. The molecule has 76 valence electrons. The van der Waals surface area contributed by atoms with Gasteiger partial charge in [-0.1, -0.05) is 0 Å².